The minimum Gasteiger partial charge on any atom is -0.481 e. The molecule has 1 fully saturated rings. The number of carboxylic acid groups (broad SMARTS) is 1. The number of benzene rings is 1. The third-order valence-electron chi connectivity index (χ3n) is 3.52. The molecule has 2 rings (SSSR count). The molecule has 0 aromatic heterocycles. The number of carboxylic acids is 1. The zero-order valence-corrected chi connectivity index (χ0v) is 11.7. The lowest BCUT2D eigenvalue weighted by atomic mass is 9.88. The van der Waals surface area contributed by atoms with Gasteiger partial charge < -0.3 is 5.11 Å². The quantitative estimate of drug-likeness (QED) is 0.881. The summed E-state index contributed by atoms with van der Waals surface area (Å²) < 4.78 is 24.3. The molecule has 7 heteroatoms. The Morgan fingerprint density at radius 3 is 2.70 bits per heavy atom. The molecule has 2 unspecified atom stereocenters. The SMILES string of the molecule is CS(=O)(=O)N1CC(C(=O)O)C(c2cccc(C#N)c2)C1. The molecule has 0 aliphatic carbocycles. The van der Waals surface area contributed by atoms with E-state index in [-0.39, 0.29) is 13.1 Å². The number of aliphatic carboxylic acids is 1. The minimum absolute atomic E-state index is 0.0321. The fourth-order valence-electron chi connectivity index (χ4n) is 2.47. The van der Waals surface area contributed by atoms with Crippen LogP contribution in [0.1, 0.15) is 17.0 Å². The molecule has 0 spiro atoms. The highest BCUT2D eigenvalue weighted by Crippen LogP contribution is 2.34. The van der Waals surface area contributed by atoms with E-state index in [0.717, 1.165) is 6.26 Å². The molecule has 1 heterocycles. The minimum atomic E-state index is -3.42. The summed E-state index contributed by atoms with van der Waals surface area (Å²) in [6.07, 6.45) is 1.07. The van der Waals surface area contributed by atoms with Crippen molar-refractivity contribution in [1.29, 1.82) is 5.26 Å². The molecule has 1 aromatic carbocycles. The number of hydrogen-bond donors (Lipinski definition) is 1. The molecule has 20 heavy (non-hydrogen) atoms. The van der Waals surface area contributed by atoms with Gasteiger partial charge in [-0.3, -0.25) is 4.79 Å². The Morgan fingerprint density at radius 1 is 1.45 bits per heavy atom. The predicted molar refractivity (Wildman–Crippen MR) is 71.4 cm³/mol. The van der Waals surface area contributed by atoms with Gasteiger partial charge in [0.1, 0.15) is 0 Å². The molecule has 0 bridgehead atoms. The predicted octanol–water partition coefficient (Wildman–Crippen LogP) is 0.618. The van der Waals surface area contributed by atoms with Crippen LogP contribution in [0.15, 0.2) is 24.3 Å². The van der Waals surface area contributed by atoms with Gasteiger partial charge in [-0.05, 0) is 17.7 Å². The third kappa shape index (κ3) is 2.81. The van der Waals surface area contributed by atoms with Gasteiger partial charge in [-0.25, -0.2) is 12.7 Å². The molecule has 0 amide bonds. The summed E-state index contributed by atoms with van der Waals surface area (Å²) in [5, 5.41) is 18.2. The van der Waals surface area contributed by atoms with E-state index in [4.69, 9.17) is 5.26 Å². The Balaban J connectivity index is 2.38. The molecule has 6 nitrogen and oxygen atoms in total. The number of sulfonamides is 1. The summed E-state index contributed by atoms with van der Waals surface area (Å²) >= 11 is 0. The Morgan fingerprint density at radius 2 is 2.15 bits per heavy atom. The second-order valence-corrected chi connectivity index (χ2v) is 6.85. The van der Waals surface area contributed by atoms with Crippen LogP contribution in [0.4, 0.5) is 0 Å². The summed E-state index contributed by atoms with van der Waals surface area (Å²) in [4.78, 5) is 11.3. The Bertz CT molecular complexity index is 678. The van der Waals surface area contributed by atoms with Crippen LogP contribution in [0.2, 0.25) is 0 Å². The smallest absolute Gasteiger partial charge is 0.308 e. The summed E-state index contributed by atoms with van der Waals surface area (Å²) in [7, 11) is -3.42. The van der Waals surface area contributed by atoms with E-state index in [1.807, 2.05) is 6.07 Å². The standard InChI is InChI=1S/C13H14N2O4S/c1-20(18,19)15-7-11(12(8-15)13(16)17)10-4-2-3-9(5-10)6-14/h2-5,11-12H,7-8H2,1H3,(H,16,17). The van der Waals surface area contributed by atoms with Crippen LogP contribution < -0.4 is 0 Å². The van der Waals surface area contributed by atoms with E-state index in [2.05, 4.69) is 0 Å². The first-order valence-corrected chi connectivity index (χ1v) is 7.85. The molecular weight excluding hydrogens is 280 g/mol. The van der Waals surface area contributed by atoms with Crippen molar-refractivity contribution >= 4 is 16.0 Å². The number of nitrogens with zero attached hydrogens (tertiary/aromatic N) is 2. The average Bonchev–Trinajstić information content (AvgIpc) is 2.84. The number of carbonyl (C=O) groups is 1. The van der Waals surface area contributed by atoms with Crippen LogP contribution in [0.5, 0.6) is 0 Å². The van der Waals surface area contributed by atoms with Crippen LogP contribution in [0.25, 0.3) is 0 Å². The van der Waals surface area contributed by atoms with E-state index < -0.39 is 27.8 Å². The topological polar surface area (TPSA) is 98.5 Å². The molecule has 1 aliphatic heterocycles. The molecule has 1 aliphatic rings. The monoisotopic (exact) mass is 294 g/mol. The molecule has 2 atom stereocenters. The first-order chi connectivity index (χ1) is 9.32. The highest BCUT2D eigenvalue weighted by Gasteiger charge is 2.41. The average molecular weight is 294 g/mol. The van der Waals surface area contributed by atoms with Crippen LogP contribution in [0, 0.1) is 17.2 Å². The maximum atomic E-state index is 11.6. The molecule has 1 saturated heterocycles. The van der Waals surface area contributed by atoms with Gasteiger partial charge in [-0.1, -0.05) is 12.1 Å². The van der Waals surface area contributed by atoms with E-state index in [1.165, 1.54) is 4.31 Å². The zero-order valence-electron chi connectivity index (χ0n) is 10.9. The van der Waals surface area contributed by atoms with Crippen LogP contribution in [-0.2, 0) is 14.8 Å². The highest BCUT2D eigenvalue weighted by molar-refractivity contribution is 7.88. The van der Waals surface area contributed by atoms with Gasteiger partial charge in [0.2, 0.25) is 10.0 Å². The second kappa shape index (κ2) is 5.23. The summed E-state index contributed by atoms with van der Waals surface area (Å²) in [5.41, 5.74) is 1.12. The third-order valence-corrected chi connectivity index (χ3v) is 4.75. The van der Waals surface area contributed by atoms with Crippen LogP contribution in [-0.4, -0.2) is 43.1 Å². The lowest BCUT2D eigenvalue weighted by molar-refractivity contribution is -0.141. The molecule has 0 saturated carbocycles. The van der Waals surface area contributed by atoms with Gasteiger partial charge >= 0.3 is 5.97 Å². The number of rotatable bonds is 3. The normalized spacial score (nSPS) is 23.4. The van der Waals surface area contributed by atoms with Crippen molar-refractivity contribution < 1.29 is 18.3 Å². The summed E-state index contributed by atoms with van der Waals surface area (Å²) in [6.45, 7) is 0.0975. The summed E-state index contributed by atoms with van der Waals surface area (Å²) in [6, 6.07) is 8.65. The lowest BCUT2D eigenvalue weighted by Gasteiger charge is -2.15. The maximum Gasteiger partial charge on any atom is 0.308 e. The van der Waals surface area contributed by atoms with Crippen molar-refractivity contribution in [2.24, 2.45) is 5.92 Å². The van der Waals surface area contributed by atoms with Gasteiger partial charge in [-0.15, -0.1) is 0 Å². The maximum absolute atomic E-state index is 11.6. The van der Waals surface area contributed by atoms with Gasteiger partial charge in [0.25, 0.3) is 0 Å². The fourth-order valence-corrected chi connectivity index (χ4v) is 3.33. The Labute approximate surface area is 117 Å². The van der Waals surface area contributed by atoms with Gasteiger partial charge in [-0.2, -0.15) is 5.26 Å². The Hall–Kier alpha value is -1.91. The van der Waals surface area contributed by atoms with Crippen LogP contribution >= 0.6 is 0 Å². The highest BCUT2D eigenvalue weighted by atomic mass is 32.2. The molecule has 0 radical (unpaired) electrons. The fraction of sp³-hybridized carbons (Fsp3) is 0.385. The Kier molecular flexibility index (Phi) is 3.79. The van der Waals surface area contributed by atoms with Crippen molar-refractivity contribution in [3.63, 3.8) is 0 Å². The van der Waals surface area contributed by atoms with Crippen molar-refractivity contribution in [1.82, 2.24) is 4.31 Å². The van der Waals surface area contributed by atoms with Gasteiger partial charge in [0.05, 0.1) is 23.8 Å². The molecule has 1 aromatic rings. The van der Waals surface area contributed by atoms with Crippen molar-refractivity contribution in [2.45, 2.75) is 5.92 Å². The molecular formula is C13H14N2O4S. The van der Waals surface area contributed by atoms with Crippen molar-refractivity contribution in [3.05, 3.63) is 35.4 Å². The zero-order chi connectivity index (χ0) is 14.9. The first-order valence-electron chi connectivity index (χ1n) is 6.01. The largest absolute Gasteiger partial charge is 0.481 e. The van der Waals surface area contributed by atoms with E-state index >= 15 is 0 Å². The number of hydrogen-bond acceptors (Lipinski definition) is 4. The summed E-state index contributed by atoms with van der Waals surface area (Å²) in [5.74, 6) is -2.25. The lowest BCUT2D eigenvalue weighted by Crippen LogP contribution is -2.28. The first kappa shape index (κ1) is 14.5. The molecule has 1 N–H and O–H groups in total. The van der Waals surface area contributed by atoms with Crippen LogP contribution in [0.3, 0.4) is 0 Å². The van der Waals surface area contributed by atoms with Gasteiger partial charge in [0, 0.05) is 19.0 Å². The van der Waals surface area contributed by atoms with E-state index in [1.54, 1.807) is 24.3 Å². The second-order valence-electron chi connectivity index (χ2n) is 4.87. The molecule has 106 valence electrons. The van der Waals surface area contributed by atoms with Gasteiger partial charge in [0.15, 0.2) is 0 Å². The van der Waals surface area contributed by atoms with Crippen molar-refractivity contribution in [2.75, 3.05) is 19.3 Å². The van der Waals surface area contributed by atoms with E-state index in [0.29, 0.717) is 11.1 Å². The number of nitriles is 1. The van der Waals surface area contributed by atoms with E-state index in [9.17, 15) is 18.3 Å². The van der Waals surface area contributed by atoms with Crippen molar-refractivity contribution in [3.8, 4) is 6.07 Å².